The molecule has 3 unspecified atom stereocenters. The number of hydrogen-bond acceptors (Lipinski definition) is 4. The van der Waals surface area contributed by atoms with Gasteiger partial charge in [0.1, 0.15) is 0 Å². The second-order valence-electron chi connectivity index (χ2n) is 5.26. The summed E-state index contributed by atoms with van der Waals surface area (Å²) in [7, 11) is 0. The van der Waals surface area contributed by atoms with Crippen LogP contribution in [0, 0.1) is 0 Å². The summed E-state index contributed by atoms with van der Waals surface area (Å²) in [5.41, 5.74) is 0. The fourth-order valence-corrected chi connectivity index (χ4v) is 3.43. The largest absolute Gasteiger partial charge is 0.298 e. The van der Waals surface area contributed by atoms with E-state index in [1.54, 1.807) is 11.3 Å². The summed E-state index contributed by atoms with van der Waals surface area (Å²) in [5, 5.41) is 5.39. The highest BCUT2D eigenvalue weighted by Gasteiger charge is 2.41. The first kappa shape index (κ1) is 15.2. The summed E-state index contributed by atoms with van der Waals surface area (Å²) in [6.07, 6.45) is 1.99. The highest BCUT2D eigenvalue weighted by atomic mass is 32.1. The van der Waals surface area contributed by atoms with Crippen LogP contribution in [-0.4, -0.2) is 28.8 Å². The number of likely N-dealkylation sites (tertiary alicyclic amines) is 1. The maximum Gasteiger partial charge on any atom is 0.247 e. The van der Waals surface area contributed by atoms with Crippen LogP contribution in [-0.2, 0) is 9.59 Å². The third-order valence-corrected chi connectivity index (χ3v) is 4.90. The van der Waals surface area contributed by atoms with Crippen molar-refractivity contribution in [2.24, 2.45) is 0 Å². The molecule has 0 bridgehead atoms. The maximum absolute atomic E-state index is 12.4. The molecule has 2 rings (SSSR count). The summed E-state index contributed by atoms with van der Waals surface area (Å²) in [6, 6.07) is 3.84. The van der Waals surface area contributed by atoms with Crippen molar-refractivity contribution in [2.45, 2.75) is 58.2 Å². The third kappa shape index (κ3) is 2.94. The molecule has 1 aliphatic heterocycles. The van der Waals surface area contributed by atoms with Crippen LogP contribution >= 0.6 is 11.3 Å². The van der Waals surface area contributed by atoms with E-state index in [2.05, 4.69) is 18.3 Å². The topological polar surface area (TPSA) is 49.4 Å². The molecule has 5 heteroatoms. The Morgan fingerprint density at radius 1 is 1.40 bits per heavy atom. The molecule has 0 saturated carbocycles. The molecule has 110 valence electrons. The van der Waals surface area contributed by atoms with E-state index in [0.717, 1.165) is 12.8 Å². The van der Waals surface area contributed by atoms with Gasteiger partial charge in [0.2, 0.25) is 11.8 Å². The van der Waals surface area contributed by atoms with Crippen molar-refractivity contribution in [3.8, 4) is 0 Å². The minimum atomic E-state index is -0.372. The fraction of sp³-hybridized carbons (Fsp3) is 0.600. The monoisotopic (exact) mass is 294 g/mol. The second-order valence-corrected chi connectivity index (χ2v) is 6.24. The van der Waals surface area contributed by atoms with Gasteiger partial charge < -0.3 is 0 Å². The normalized spacial score (nSPS) is 22.4. The van der Waals surface area contributed by atoms with E-state index in [9.17, 15) is 9.59 Å². The van der Waals surface area contributed by atoms with Crippen molar-refractivity contribution < 1.29 is 9.59 Å². The summed E-state index contributed by atoms with van der Waals surface area (Å²) >= 11 is 1.68. The molecule has 0 aromatic carbocycles. The number of nitrogens with zero attached hydrogens (tertiary/aromatic N) is 1. The van der Waals surface area contributed by atoms with Crippen LogP contribution in [0.2, 0.25) is 0 Å². The van der Waals surface area contributed by atoms with Gasteiger partial charge in [-0.2, -0.15) is 0 Å². The highest BCUT2D eigenvalue weighted by Crippen LogP contribution is 2.25. The van der Waals surface area contributed by atoms with Crippen LogP contribution in [0.5, 0.6) is 0 Å². The van der Waals surface area contributed by atoms with Crippen LogP contribution in [0.3, 0.4) is 0 Å². The van der Waals surface area contributed by atoms with Crippen LogP contribution in [0.15, 0.2) is 17.5 Å². The number of carbonyl (C=O) groups is 2. The van der Waals surface area contributed by atoms with Crippen molar-refractivity contribution in [1.82, 2.24) is 10.2 Å². The van der Waals surface area contributed by atoms with Gasteiger partial charge in [0.15, 0.2) is 0 Å². The Morgan fingerprint density at radius 3 is 2.70 bits per heavy atom. The minimum absolute atomic E-state index is 0.0105. The molecule has 0 spiro atoms. The highest BCUT2D eigenvalue weighted by molar-refractivity contribution is 7.10. The van der Waals surface area contributed by atoms with Crippen LogP contribution in [0.25, 0.3) is 0 Å². The van der Waals surface area contributed by atoms with Gasteiger partial charge >= 0.3 is 0 Å². The zero-order valence-electron chi connectivity index (χ0n) is 12.3. The van der Waals surface area contributed by atoms with Gasteiger partial charge in [-0.25, -0.2) is 0 Å². The molecule has 1 N–H and O–H groups in total. The molecule has 1 fully saturated rings. The Balaban J connectivity index is 2.07. The second kappa shape index (κ2) is 6.50. The molecule has 3 atom stereocenters. The minimum Gasteiger partial charge on any atom is -0.298 e. The predicted octanol–water partition coefficient (Wildman–Crippen LogP) is 2.71. The molecule has 4 nitrogen and oxygen atoms in total. The molecule has 1 aliphatic rings. The van der Waals surface area contributed by atoms with E-state index in [1.807, 2.05) is 25.3 Å². The quantitative estimate of drug-likeness (QED) is 0.821. The molecular formula is C15H22N2O2S. The zero-order valence-corrected chi connectivity index (χ0v) is 13.1. The van der Waals surface area contributed by atoms with Crippen molar-refractivity contribution in [2.75, 3.05) is 0 Å². The van der Waals surface area contributed by atoms with E-state index in [0.29, 0.717) is 0 Å². The van der Waals surface area contributed by atoms with Crippen LogP contribution in [0.4, 0.5) is 0 Å². The van der Waals surface area contributed by atoms with Crippen molar-refractivity contribution >= 4 is 23.2 Å². The number of thiophene rings is 1. The zero-order chi connectivity index (χ0) is 14.7. The van der Waals surface area contributed by atoms with E-state index in [-0.39, 0.29) is 36.4 Å². The molecular weight excluding hydrogens is 272 g/mol. The predicted molar refractivity (Wildman–Crippen MR) is 80.5 cm³/mol. The average Bonchev–Trinajstić information content (AvgIpc) is 3.04. The van der Waals surface area contributed by atoms with Crippen molar-refractivity contribution in [1.29, 1.82) is 0 Å². The molecule has 2 heterocycles. The average molecular weight is 294 g/mol. The lowest BCUT2D eigenvalue weighted by molar-refractivity contribution is -0.141. The lowest BCUT2D eigenvalue weighted by atomic mass is 10.1. The summed E-state index contributed by atoms with van der Waals surface area (Å²) in [5.74, 6) is -0.123. The number of rotatable bonds is 6. The lowest BCUT2D eigenvalue weighted by Gasteiger charge is -2.23. The van der Waals surface area contributed by atoms with Gasteiger partial charge in [-0.05, 0) is 31.2 Å². The van der Waals surface area contributed by atoms with Gasteiger partial charge in [-0.15, -0.1) is 11.3 Å². The van der Waals surface area contributed by atoms with Crippen LogP contribution in [0.1, 0.15) is 51.0 Å². The molecule has 1 saturated heterocycles. The number of amides is 2. The van der Waals surface area contributed by atoms with E-state index in [4.69, 9.17) is 0 Å². The molecule has 20 heavy (non-hydrogen) atoms. The first-order valence-electron chi connectivity index (χ1n) is 7.23. The van der Waals surface area contributed by atoms with E-state index in [1.165, 1.54) is 9.78 Å². The summed E-state index contributed by atoms with van der Waals surface area (Å²) in [4.78, 5) is 27.0. The Kier molecular flexibility index (Phi) is 4.94. The Hall–Kier alpha value is -1.20. The number of hydrogen-bond donors (Lipinski definition) is 1. The van der Waals surface area contributed by atoms with Gasteiger partial charge in [0.25, 0.3) is 0 Å². The standard InChI is InChI=1S/C15H22N2O2S/c1-4-10(3)17-14(18)9-12(15(17)19)16-11(5-2)13-7-6-8-20-13/h6-8,10-12,16H,4-5,9H2,1-3H3. The number of nitrogens with one attached hydrogen (secondary N) is 1. The SMILES string of the molecule is CCC(NC1CC(=O)N(C(C)CC)C1=O)c1cccs1. The Morgan fingerprint density at radius 2 is 2.15 bits per heavy atom. The first-order chi connectivity index (χ1) is 9.58. The smallest absolute Gasteiger partial charge is 0.247 e. The van der Waals surface area contributed by atoms with Crippen LogP contribution < -0.4 is 5.32 Å². The Bertz CT molecular complexity index is 472. The third-order valence-electron chi connectivity index (χ3n) is 3.91. The molecule has 0 radical (unpaired) electrons. The molecule has 1 aromatic heterocycles. The molecule has 0 aliphatic carbocycles. The van der Waals surface area contributed by atoms with Gasteiger partial charge in [0.05, 0.1) is 12.5 Å². The van der Waals surface area contributed by atoms with Gasteiger partial charge in [-0.1, -0.05) is 19.9 Å². The molecule has 2 amide bonds. The summed E-state index contributed by atoms with van der Waals surface area (Å²) < 4.78 is 0. The number of imide groups is 1. The summed E-state index contributed by atoms with van der Waals surface area (Å²) in [6.45, 7) is 6.01. The fourth-order valence-electron chi connectivity index (χ4n) is 2.56. The van der Waals surface area contributed by atoms with Crippen molar-refractivity contribution in [3.63, 3.8) is 0 Å². The van der Waals surface area contributed by atoms with Gasteiger partial charge in [0, 0.05) is 17.0 Å². The molecule has 1 aromatic rings. The van der Waals surface area contributed by atoms with E-state index < -0.39 is 0 Å². The Labute approximate surface area is 124 Å². The van der Waals surface area contributed by atoms with E-state index >= 15 is 0 Å². The maximum atomic E-state index is 12.4. The van der Waals surface area contributed by atoms with Gasteiger partial charge in [-0.3, -0.25) is 19.8 Å². The first-order valence-corrected chi connectivity index (χ1v) is 8.11. The lowest BCUT2D eigenvalue weighted by Crippen LogP contribution is -2.43. The van der Waals surface area contributed by atoms with Crippen molar-refractivity contribution in [3.05, 3.63) is 22.4 Å². The number of carbonyl (C=O) groups excluding carboxylic acids is 2.